The van der Waals surface area contributed by atoms with Crippen LogP contribution >= 0.6 is 15.9 Å². The second kappa shape index (κ2) is 10.0. The van der Waals surface area contributed by atoms with Crippen LogP contribution in [0.4, 0.5) is 8.78 Å². The monoisotopic (exact) mass is 440 g/mol. The number of carbonyl (C=O) groups excluding carboxylic acids is 2. The number of hydrogen-bond donors (Lipinski definition) is 2. The minimum atomic E-state index is -0.790. The quantitative estimate of drug-likeness (QED) is 0.620. The van der Waals surface area contributed by atoms with Crippen LogP contribution in [0.25, 0.3) is 0 Å². The molecule has 144 valence electrons. The Labute approximate surface area is 164 Å². The van der Waals surface area contributed by atoms with Gasteiger partial charge in [0.25, 0.3) is 5.91 Å². The Balaban J connectivity index is 1.68. The van der Waals surface area contributed by atoms with Gasteiger partial charge in [0.15, 0.2) is 6.10 Å². The number of rotatable bonds is 8. The summed E-state index contributed by atoms with van der Waals surface area (Å²) in [6.07, 6.45) is -0.659. The number of ether oxygens (including phenoxy) is 1. The molecule has 1 unspecified atom stereocenters. The number of nitrogens with one attached hydrogen (secondary N) is 2. The first kappa shape index (κ1) is 20.8. The zero-order valence-electron chi connectivity index (χ0n) is 14.6. The van der Waals surface area contributed by atoms with Crippen LogP contribution < -0.4 is 15.4 Å². The van der Waals surface area contributed by atoms with E-state index in [-0.39, 0.29) is 37.1 Å². The first-order valence-electron chi connectivity index (χ1n) is 8.25. The molecule has 1 atom stereocenters. The highest BCUT2D eigenvalue weighted by molar-refractivity contribution is 9.10. The lowest BCUT2D eigenvalue weighted by Gasteiger charge is -2.16. The largest absolute Gasteiger partial charge is 0.480 e. The zero-order valence-corrected chi connectivity index (χ0v) is 16.2. The lowest BCUT2D eigenvalue weighted by molar-refractivity contribution is -0.127. The molecular weight excluding hydrogens is 422 g/mol. The van der Waals surface area contributed by atoms with E-state index in [0.717, 1.165) is 0 Å². The van der Waals surface area contributed by atoms with Gasteiger partial charge in [0.1, 0.15) is 17.4 Å². The molecule has 5 nitrogen and oxygen atoms in total. The van der Waals surface area contributed by atoms with Crippen LogP contribution in [0.5, 0.6) is 5.75 Å². The summed E-state index contributed by atoms with van der Waals surface area (Å²) in [6, 6.07) is 9.59. The first-order chi connectivity index (χ1) is 12.8. The molecule has 0 aromatic heterocycles. The molecule has 2 rings (SSSR count). The summed E-state index contributed by atoms with van der Waals surface area (Å²) >= 11 is 3.17. The molecule has 0 aliphatic heterocycles. The lowest BCUT2D eigenvalue weighted by atomic mass is 10.1. The standard InChI is InChI=1S/C19H19BrF2N2O3/c1-12(27-17-7-6-15(22)11-16(17)20)19(26)24-9-8-23-18(25)10-13-2-4-14(21)5-3-13/h2-7,11-12H,8-10H2,1H3,(H,23,25)(H,24,26). The predicted octanol–water partition coefficient (Wildman–Crippen LogP) is 2.97. The summed E-state index contributed by atoms with van der Waals surface area (Å²) < 4.78 is 31.8. The molecule has 0 aliphatic carbocycles. The van der Waals surface area contributed by atoms with Crippen LogP contribution in [0.2, 0.25) is 0 Å². The zero-order chi connectivity index (χ0) is 19.8. The van der Waals surface area contributed by atoms with Crippen LogP contribution in [-0.4, -0.2) is 31.0 Å². The van der Waals surface area contributed by atoms with E-state index >= 15 is 0 Å². The predicted molar refractivity (Wildman–Crippen MR) is 100 cm³/mol. The molecule has 0 bridgehead atoms. The average molecular weight is 441 g/mol. The topological polar surface area (TPSA) is 67.4 Å². The van der Waals surface area contributed by atoms with E-state index in [1.165, 1.54) is 30.3 Å². The third kappa shape index (κ3) is 6.97. The van der Waals surface area contributed by atoms with E-state index in [1.807, 2.05) is 0 Å². The summed E-state index contributed by atoms with van der Waals surface area (Å²) in [5.74, 6) is -1.00. The molecule has 8 heteroatoms. The Hall–Kier alpha value is -2.48. The van der Waals surface area contributed by atoms with Crippen molar-refractivity contribution >= 4 is 27.7 Å². The Morgan fingerprint density at radius 2 is 1.67 bits per heavy atom. The van der Waals surface area contributed by atoms with E-state index in [4.69, 9.17) is 4.74 Å². The van der Waals surface area contributed by atoms with Gasteiger partial charge >= 0.3 is 0 Å². The number of benzene rings is 2. The maximum absolute atomic E-state index is 13.1. The molecule has 2 N–H and O–H groups in total. The van der Waals surface area contributed by atoms with Crippen molar-refractivity contribution < 1.29 is 23.1 Å². The average Bonchev–Trinajstić information content (AvgIpc) is 2.62. The molecule has 0 radical (unpaired) electrons. The third-order valence-corrected chi connectivity index (χ3v) is 4.21. The van der Waals surface area contributed by atoms with Gasteiger partial charge in [-0.05, 0) is 58.7 Å². The van der Waals surface area contributed by atoms with Crippen molar-refractivity contribution in [1.29, 1.82) is 0 Å². The molecular formula is C19H19BrF2N2O3. The highest BCUT2D eigenvalue weighted by Gasteiger charge is 2.16. The highest BCUT2D eigenvalue weighted by atomic mass is 79.9. The van der Waals surface area contributed by atoms with Crippen molar-refractivity contribution in [1.82, 2.24) is 10.6 Å². The fourth-order valence-corrected chi connectivity index (χ4v) is 2.64. The Morgan fingerprint density at radius 1 is 1.04 bits per heavy atom. The highest BCUT2D eigenvalue weighted by Crippen LogP contribution is 2.26. The Morgan fingerprint density at radius 3 is 2.33 bits per heavy atom. The molecule has 0 aliphatic rings. The van der Waals surface area contributed by atoms with Crippen LogP contribution in [0.3, 0.4) is 0 Å². The van der Waals surface area contributed by atoms with Crippen LogP contribution in [0.1, 0.15) is 12.5 Å². The molecule has 2 aromatic carbocycles. The van der Waals surface area contributed by atoms with Crippen LogP contribution in [0.15, 0.2) is 46.9 Å². The van der Waals surface area contributed by atoms with E-state index < -0.39 is 11.9 Å². The van der Waals surface area contributed by atoms with E-state index in [0.29, 0.717) is 15.8 Å². The minimum absolute atomic E-state index is 0.131. The van der Waals surface area contributed by atoms with Gasteiger partial charge in [-0.15, -0.1) is 0 Å². The van der Waals surface area contributed by atoms with Gasteiger partial charge in [-0.3, -0.25) is 9.59 Å². The molecule has 0 spiro atoms. The lowest BCUT2D eigenvalue weighted by Crippen LogP contribution is -2.41. The van der Waals surface area contributed by atoms with Crippen molar-refractivity contribution in [2.45, 2.75) is 19.4 Å². The Kier molecular flexibility index (Phi) is 7.72. The second-order valence-electron chi connectivity index (χ2n) is 5.78. The summed E-state index contributed by atoms with van der Waals surface area (Å²) in [5, 5.41) is 5.31. The summed E-state index contributed by atoms with van der Waals surface area (Å²) in [4.78, 5) is 23.8. The van der Waals surface area contributed by atoms with Gasteiger partial charge in [-0.2, -0.15) is 0 Å². The van der Waals surface area contributed by atoms with Crippen LogP contribution in [0, 0.1) is 11.6 Å². The van der Waals surface area contributed by atoms with Crippen molar-refractivity contribution in [3.8, 4) is 5.75 Å². The number of hydrogen-bond acceptors (Lipinski definition) is 3. The molecule has 0 saturated heterocycles. The molecule has 2 aromatic rings. The second-order valence-corrected chi connectivity index (χ2v) is 6.63. The van der Waals surface area contributed by atoms with Gasteiger partial charge in [0.05, 0.1) is 10.9 Å². The minimum Gasteiger partial charge on any atom is -0.480 e. The van der Waals surface area contributed by atoms with Gasteiger partial charge < -0.3 is 15.4 Å². The number of halogens is 3. The SMILES string of the molecule is CC(Oc1ccc(F)cc1Br)C(=O)NCCNC(=O)Cc1ccc(F)cc1. The normalized spacial score (nSPS) is 11.6. The number of carbonyl (C=O) groups is 2. The van der Waals surface area contributed by atoms with E-state index in [1.54, 1.807) is 19.1 Å². The summed E-state index contributed by atoms with van der Waals surface area (Å²) in [7, 11) is 0. The summed E-state index contributed by atoms with van der Waals surface area (Å²) in [6.45, 7) is 2.04. The van der Waals surface area contributed by atoms with E-state index in [2.05, 4.69) is 26.6 Å². The van der Waals surface area contributed by atoms with Gasteiger partial charge in [0.2, 0.25) is 5.91 Å². The molecule has 0 fully saturated rings. The number of amides is 2. The van der Waals surface area contributed by atoms with Gasteiger partial charge in [-0.25, -0.2) is 8.78 Å². The van der Waals surface area contributed by atoms with Crippen LogP contribution in [-0.2, 0) is 16.0 Å². The molecule has 0 saturated carbocycles. The maximum Gasteiger partial charge on any atom is 0.260 e. The van der Waals surface area contributed by atoms with Gasteiger partial charge in [0, 0.05) is 13.1 Å². The maximum atomic E-state index is 13.1. The Bertz CT molecular complexity index is 800. The smallest absolute Gasteiger partial charge is 0.260 e. The van der Waals surface area contributed by atoms with Crippen molar-refractivity contribution in [2.24, 2.45) is 0 Å². The van der Waals surface area contributed by atoms with Crippen molar-refractivity contribution in [3.63, 3.8) is 0 Å². The fourth-order valence-electron chi connectivity index (χ4n) is 2.20. The molecule has 2 amide bonds. The molecule has 0 heterocycles. The van der Waals surface area contributed by atoms with Crippen molar-refractivity contribution in [2.75, 3.05) is 13.1 Å². The molecule has 27 heavy (non-hydrogen) atoms. The summed E-state index contributed by atoms with van der Waals surface area (Å²) in [5.41, 5.74) is 0.699. The fraction of sp³-hybridized carbons (Fsp3) is 0.263. The van der Waals surface area contributed by atoms with E-state index in [9.17, 15) is 18.4 Å². The third-order valence-electron chi connectivity index (χ3n) is 3.59. The van der Waals surface area contributed by atoms with Gasteiger partial charge in [-0.1, -0.05) is 12.1 Å². The van der Waals surface area contributed by atoms with Crippen molar-refractivity contribution in [3.05, 3.63) is 64.1 Å². The first-order valence-corrected chi connectivity index (χ1v) is 9.05.